The minimum atomic E-state index is -2.53. The average molecular weight is 156 g/mol. The van der Waals surface area contributed by atoms with Gasteiger partial charge in [-0.05, 0) is 0 Å². The highest BCUT2D eigenvalue weighted by atomic mass is 35.5. The Kier molecular flexibility index (Phi) is 1.85. The Morgan fingerprint density at radius 2 is 2.44 bits per heavy atom. The molecule has 0 saturated heterocycles. The van der Waals surface area contributed by atoms with Crippen molar-refractivity contribution in [2.45, 2.75) is 18.4 Å². The van der Waals surface area contributed by atoms with Crippen LogP contribution in [0.4, 0.5) is 8.78 Å². The lowest BCUT2D eigenvalue weighted by Crippen LogP contribution is -2.08. The molecule has 52 valence electrons. The van der Waals surface area contributed by atoms with Crippen molar-refractivity contribution >= 4 is 17.3 Å². The van der Waals surface area contributed by atoms with E-state index in [2.05, 4.69) is 9.99 Å². The van der Waals surface area contributed by atoms with Crippen LogP contribution in [0.5, 0.6) is 0 Å². The van der Waals surface area contributed by atoms with Crippen LogP contribution >= 0.6 is 11.6 Å². The SMILES string of the molecule is FC(F)C1=NOC(Cl)C1. The van der Waals surface area contributed by atoms with E-state index >= 15 is 0 Å². The molecule has 5 heteroatoms. The standard InChI is InChI=1S/C4H4ClF2NO/c5-3-1-2(4(6)7)8-9-3/h3-4H,1H2. The third-order valence-electron chi connectivity index (χ3n) is 0.906. The van der Waals surface area contributed by atoms with Gasteiger partial charge < -0.3 is 4.84 Å². The van der Waals surface area contributed by atoms with E-state index in [9.17, 15) is 8.78 Å². The molecule has 0 aromatic heterocycles. The third kappa shape index (κ3) is 1.51. The molecule has 0 saturated carbocycles. The first-order valence-electron chi connectivity index (χ1n) is 2.35. The Labute approximate surface area is 55.4 Å². The number of hydrogen-bond acceptors (Lipinski definition) is 2. The highest BCUT2D eigenvalue weighted by Gasteiger charge is 2.24. The van der Waals surface area contributed by atoms with E-state index in [-0.39, 0.29) is 12.1 Å². The summed E-state index contributed by atoms with van der Waals surface area (Å²) in [4.78, 5) is 4.30. The number of alkyl halides is 3. The Bertz CT molecular complexity index is 139. The largest absolute Gasteiger partial charge is 0.376 e. The van der Waals surface area contributed by atoms with Gasteiger partial charge in [0.25, 0.3) is 6.43 Å². The van der Waals surface area contributed by atoms with Gasteiger partial charge in [-0.3, -0.25) is 0 Å². The second-order valence-corrected chi connectivity index (χ2v) is 2.09. The van der Waals surface area contributed by atoms with E-state index in [0.717, 1.165) is 0 Å². The van der Waals surface area contributed by atoms with Gasteiger partial charge in [-0.1, -0.05) is 16.8 Å². The molecule has 1 atom stereocenters. The van der Waals surface area contributed by atoms with Crippen molar-refractivity contribution in [3.63, 3.8) is 0 Å². The summed E-state index contributed by atoms with van der Waals surface area (Å²) in [7, 11) is 0. The molecule has 1 heterocycles. The second kappa shape index (κ2) is 2.47. The van der Waals surface area contributed by atoms with E-state index < -0.39 is 12.0 Å². The zero-order valence-corrected chi connectivity index (χ0v) is 5.11. The lowest BCUT2D eigenvalue weighted by atomic mass is 10.3. The lowest BCUT2D eigenvalue weighted by Gasteiger charge is -1.92. The van der Waals surface area contributed by atoms with E-state index in [4.69, 9.17) is 11.6 Å². The van der Waals surface area contributed by atoms with Crippen molar-refractivity contribution in [2.75, 3.05) is 0 Å². The molecule has 1 unspecified atom stereocenters. The predicted molar refractivity (Wildman–Crippen MR) is 28.8 cm³/mol. The van der Waals surface area contributed by atoms with Gasteiger partial charge in [0, 0.05) is 6.42 Å². The third-order valence-corrected chi connectivity index (χ3v) is 1.14. The second-order valence-electron chi connectivity index (χ2n) is 1.60. The summed E-state index contributed by atoms with van der Waals surface area (Å²) in [6.45, 7) is 0. The van der Waals surface area contributed by atoms with Crippen LogP contribution in [0.25, 0.3) is 0 Å². The number of hydrogen-bond donors (Lipinski definition) is 0. The Morgan fingerprint density at radius 3 is 2.67 bits per heavy atom. The van der Waals surface area contributed by atoms with Crippen LogP contribution in [-0.4, -0.2) is 17.7 Å². The summed E-state index contributed by atoms with van der Waals surface area (Å²) in [5, 5.41) is 3.05. The summed E-state index contributed by atoms with van der Waals surface area (Å²) >= 11 is 5.28. The lowest BCUT2D eigenvalue weighted by molar-refractivity contribution is 0.142. The number of rotatable bonds is 1. The zero-order valence-electron chi connectivity index (χ0n) is 4.35. The molecule has 1 aliphatic heterocycles. The fourth-order valence-corrected chi connectivity index (χ4v) is 0.691. The minimum absolute atomic E-state index is 0.0270. The van der Waals surface area contributed by atoms with Gasteiger partial charge in [-0.25, -0.2) is 8.78 Å². The molecule has 0 spiro atoms. The molecule has 0 aromatic carbocycles. The number of halogens is 3. The van der Waals surface area contributed by atoms with Gasteiger partial charge >= 0.3 is 0 Å². The van der Waals surface area contributed by atoms with Crippen LogP contribution in [0.2, 0.25) is 0 Å². The van der Waals surface area contributed by atoms with Crippen molar-refractivity contribution in [3.05, 3.63) is 0 Å². The van der Waals surface area contributed by atoms with Gasteiger partial charge in [0.1, 0.15) is 5.71 Å². The predicted octanol–water partition coefficient (Wildman–Crippen LogP) is 1.59. The van der Waals surface area contributed by atoms with Crippen LogP contribution in [0.15, 0.2) is 5.16 Å². The van der Waals surface area contributed by atoms with E-state index in [0.29, 0.717) is 0 Å². The Morgan fingerprint density at radius 1 is 1.78 bits per heavy atom. The van der Waals surface area contributed by atoms with Crippen LogP contribution in [-0.2, 0) is 4.84 Å². The molecule has 1 aliphatic rings. The quantitative estimate of drug-likeness (QED) is 0.527. The fourth-order valence-electron chi connectivity index (χ4n) is 0.493. The summed E-state index contributed by atoms with van der Waals surface area (Å²) < 4.78 is 23.3. The van der Waals surface area contributed by atoms with E-state index in [1.54, 1.807) is 0 Å². The molecule has 0 aliphatic carbocycles. The van der Waals surface area contributed by atoms with E-state index in [1.165, 1.54) is 0 Å². The molecule has 1 rings (SSSR count). The summed E-state index contributed by atoms with van der Waals surface area (Å²) in [6.07, 6.45) is -2.51. The molecule has 0 fully saturated rings. The maximum atomic E-state index is 11.6. The first-order valence-corrected chi connectivity index (χ1v) is 2.78. The maximum Gasteiger partial charge on any atom is 0.280 e. The van der Waals surface area contributed by atoms with Crippen LogP contribution < -0.4 is 0 Å². The Hall–Kier alpha value is -0.380. The van der Waals surface area contributed by atoms with Crippen molar-refractivity contribution in [3.8, 4) is 0 Å². The van der Waals surface area contributed by atoms with Gasteiger partial charge in [-0.2, -0.15) is 0 Å². The topological polar surface area (TPSA) is 21.6 Å². The molecule has 2 nitrogen and oxygen atoms in total. The van der Waals surface area contributed by atoms with Crippen LogP contribution in [0, 0.1) is 0 Å². The smallest absolute Gasteiger partial charge is 0.280 e. The Balaban J connectivity index is 2.45. The van der Waals surface area contributed by atoms with Gasteiger partial charge in [0.05, 0.1) is 0 Å². The molecule has 0 aromatic rings. The van der Waals surface area contributed by atoms with E-state index in [1.807, 2.05) is 0 Å². The maximum absolute atomic E-state index is 11.6. The molecule has 0 bridgehead atoms. The summed E-state index contributed by atoms with van der Waals surface area (Å²) in [6, 6.07) is 0. The van der Waals surface area contributed by atoms with Gasteiger partial charge in [0.15, 0.2) is 0 Å². The molecule has 0 radical (unpaired) electrons. The molecule has 0 amide bonds. The normalized spacial score (nSPS) is 26.2. The molecule has 9 heavy (non-hydrogen) atoms. The highest BCUT2D eigenvalue weighted by Crippen LogP contribution is 2.17. The summed E-state index contributed by atoms with van der Waals surface area (Å²) in [5.41, 5.74) is -0.969. The van der Waals surface area contributed by atoms with Crippen molar-refractivity contribution in [2.24, 2.45) is 5.16 Å². The van der Waals surface area contributed by atoms with Crippen LogP contribution in [0.1, 0.15) is 6.42 Å². The first kappa shape index (κ1) is 6.74. The minimum Gasteiger partial charge on any atom is -0.376 e. The van der Waals surface area contributed by atoms with Crippen molar-refractivity contribution in [1.82, 2.24) is 0 Å². The number of nitrogens with zero attached hydrogens (tertiary/aromatic N) is 1. The van der Waals surface area contributed by atoms with Crippen LogP contribution in [0.3, 0.4) is 0 Å². The zero-order chi connectivity index (χ0) is 6.85. The van der Waals surface area contributed by atoms with Crippen molar-refractivity contribution < 1.29 is 13.6 Å². The molecular formula is C4H4ClF2NO. The molecular weight excluding hydrogens is 151 g/mol. The summed E-state index contributed by atoms with van der Waals surface area (Å²) in [5.74, 6) is 0. The average Bonchev–Trinajstić information content (AvgIpc) is 2.14. The van der Waals surface area contributed by atoms with Gasteiger partial charge in [0.2, 0.25) is 5.56 Å². The van der Waals surface area contributed by atoms with Crippen molar-refractivity contribution in [1.29, 1.82) is 0 Å². The first-order chi connectivity index (χ1) is 4.20. The monoisotopic (exact) mass is 155 g/mol. The fraction of sp³-hybridized carbons (Fsp3) is 0.750. The van der Waals surface area contributed by atoms with Gasteiger partial charge in [-0.15, -0.1) is 0 Å². The number of oxime groups is 1. The highest BCUT2D eigenvalue weighted by molar-refractivity contribution is 6.21. The molecule has 0 N–H and O–H groups in total.